The highest BCUT2D eigenvalue weighted by Crippen LogP contribution is 2.24. The van der Waals surface area contributed by atoms with Gasteiger partial charge in [-0.15, -0.1) is 0 Å². The summed E-state index contributed by atoms with van der Waals surface area (Å²) in [6, 6.07) is 19.3. The van der Waals surface area contributed by atoms with Crippen molar-refractivity contribution in [1.29, 1.82) is 0 Å². The molecule has 2 amide bonds. The summed E-state index contributed by atoms with van der Waals surface area (Å²) in [5, 5.41) is 2.54. The summed E-state index contributed by atoms with van der Waals surface area (Å²) in [7, 11) is -2.74. The van der Waals surface area contributed by atoms with Crippen molar-refractivity contribution >= 4 is 27.5 Å². The third-order valence-electron chi connectivity index (χ3n) is 5.61. The van der Waals surface area contributed by atoms with Gasteiger partial charge >= 0.3 is 0 Å². The van der Waals surface area contributed by atoms with Gasteiger partial charge in [0.15, 0.2) is 0 Å². The zero-order valence-electron chi connectivity index (χ0n) is 19.8. The number of rotatable bonds is 9. The van der Waals surface area contributed by atoms with Crippen LogP contribution in [0.2, 0.25) is 0 Å². The maximum absolute atomic E-state index is 13.6. The summed E-state index contributed by atoms with van der Waals surface area (Å²) >= 11 is 0. The molecule has 0 spiro atoms. The van der Waals surface area contributed by atoms with E-state index < -0.39 is 34.3 Å². The second kappa shape index (κ2) is 11.1. The molecule has 0 heterocycles. The molecule has 0 unspecified atom stereocenters. The molecule has 0 saturated heterocycles. The van der Waals surface area contributed by atoms with Gasteiger partial charge in [-0.2, -0.15) is 0 Å². The van der Waals surface area contributed by atoms with E-state index in [1.807, 2.05) is 31.2 Å². The fourth-order valence-corrected chi connectivity index (χ4v) is 4.95. The molecular weight excluding hydrogens is 469 g/mol. The molecule has 3 aromatic rings. The SMILES string of the molecule is CNC(=O)[C@@H](C)N(Cc1ccc(C)cc1)C(=O)CN(c1ccccc1)S(=O)(=O)c1ccc(F)cc1. The Labute approximate surface area is 205 Å². The molecule has 9 heteroatoms. The van der Waals surface area contributed by atoms with Crippen LogP contribution in [0.25, 0.3) is 0 Å². The second-order valence-electron chi connectivity index (χ2n) is 8.10. The highest BCUT2D eigenvalue weighted by molar-refractivity contribution is 7.92. The number of likely N-dealkylation sites (N-methyl/N-ethyl adjacent to an activating group) is 1. The van der Waals surface area contributed by atoms with Crippen LogP contribution in [-0.2, 0) is 26.2 Å². The van der Waals surface area contributed by atoms with Crippen LogP contribution in [0.1, 0.15) is 18.1 Å². The highest BCUT2D eigenvalue weighted by atomic mass is 32.2. The summed E-state index contributed by atoms with van der Waals surface area (Å²) < 4.78 is 41.4. The quantitative estimate of drug-likeness (QED) is 0.490. The van der Waals surface area contributed by atoms with Crippen LogP contribution in [0.5, 0.6) is 0 Å². The van der Waals surface area contributed by atoms with Gasteiger partial charge in [0.05, 0.1) is 10.6 Å². The van der Waals surface area contributed by atoms with Gasteiger partial charge in [0.25, 0.3) is 10.0 Å². The monoisotopic (exact) mass is 497 g/mol. The van der Waals surface area contributed by atoms with Gasteiger partial charge in [-0.3, -0.25) is 13.9 Å². The molecule has 7 nitrogen and oxygen atoms in total. The molecule has 0 radical (unpaired) electrons. The normalized spacial score (nSPS) is 12.0. The van der Waals surface area contributed by atoms with Gasteiger partial charge in [-0.25, -0.2) is 12.8 Å². The van der Waals surface area contributed by atoms with E-state index in [-0.39, 0.29) is 23.0 Å². The minimum absolute atomic E-state index is 0.118. The van der Waals surface area contributed by atoms with Crippen molar-refractivity contribution in [3.05, 3.63) is 95.8 Å². The van der Waals surface area contributed by atoms with E-state index in [0.717, 1.165) is 39.7 Å². The number of hydrogen-bond acceptors (Lipinski definition) is 4. The average molecular weight is 498 g/mol. The Morgan fingerprint density at radius 1 is 0.943 bits per heavy atom. The summed E-state index contributed by atoms with van der Waals surface area (Å²) in [5.41, 5.74) is 2.12. The Bertz CT molecular complexity index is 1260. The molecule has 3 aromatic carbocycles. The predicted molar refractivity (Wildman–Crippen MR) is 133 cm³/mol. The standard InChI is InChI=1S/C26H28FN3O4S/c1-19-9-11-21(12-10-19)17-29(20(2)26(32)28-3)25(31)18-30(23-7-5-4-6-8-23)35(33,34)24-15-13-22(27)14-16-24/h4-16,20H,17-18H2,1-3H3,(H,28,32)/t20-/m1/s1. The van der Waals surface area contributed by atoms with Crippen LogP contribution in [0.4, 0.5) is 10.1 Å². The highest BCUT2D eigenvalue weighted by Gasteiger charge is 2.32. The number of anilines is 1. The molecule has 0 bridgehead atoms. The number of halogens is 1. The largest absolute Gasteiger partial charge is 0.357 e. The lowest BCUT2D eigenvalue weighted by Crippen LogP contribution is -2.50. The van der Waals surface area contributed by atoms with E-state index in [4.69, 9.17) is 0 Å². The van der Waals surface area contributed by atoms with E-state index in [1.165, 1.54) is 11.9 Å². The zero-order chi connectivity index (χ0) is 25.6. The van der Waals surface area contributed by atoms with Crippen LogP contribution >= 0.6 is 0 Å². The van der Waals surface area contributed by atoms with Crippen LogP contribution in [-0.4, -0.2) is 44.8 Å². The minimum Gasteiger partial charge on any atom is -0.357 e. The summed E-state index contributed by atoms with van der Waals surface area (Å²) in [4.78, 5) is 27.2. The molecule has 1 N–H and O–H groups in total. The summed E-state index contributed by atoms with van der Waals surface area (Å²) in [5.74, 6) is -1.51. The van der Waals surface area contributed by atoms with Crippen molar-refractivity contribution < 1.29 is 22.4 Å². The first-order valence-electron chi connectivity index (χ1n) is 11.0. The van der Waals surface area contributed by atoms with Crippen molar-refractivity contribution in [2.24, 2.45) is 0 Å². The molecular formula is C26H28FN3O4S. The van der Waals surface area contributed by atoms with E-state index in [2.05, 4.69) is 5.32 Å². The van der Waals surface area contributed by atoms with E-state index in [9.17, 15) is 22.4 Å². The first kappa shape index (κ1) is 25.9. The van der Waals surface area contributed by atoms with Crippen molar-refractivity contribution in [3.63, 3.8) is 0 Å². The van der Waals surface area contributed by atoms with Crippen LogP contribution < -0.4 is 9.62 Å². The first-order valence-corrected chi connectivity index (χ1v) is 12.5. The van der Waals surface area contributed by atoms with Crippen molar-refractivity contribution in [2.45, 2.75) is 31.3 Å². The topological polar surface area (TPSA) is 86.8 Å². The molecule has 0 aromatic heterocycles. The fraction of sp³-hybridized carbons (Fsp3) is 0.231. The smallest absolute Gasteiger partial charge is 0.264 e. The molecule has 0 saturated carbocycles. The van der Waals surface area contributed by atoms with Crippen molar-refractivity contribution in [2.75, 3.05) is 17.9 Å². The summed E-state index contributed by atoms with van der Waals surface area (Å²) in [6.45, 7) is 3.11. The fourth-order valence-electron chi connectivity index (χ4n) is 3.54. The summed E-state index contributed by atoms with van der Waals surface area (Å²) in [6.07, 6.45) is 0. The number of carbonyl (C=O) groups excluding carboxylic acids is 2. The number of para-hydroxylation sites is 1. The van der Waals surface area contributed by atoms with Gasteiger partial charge in [-0.1, -0.05) is 48.0 Å². The molecule has 0 aliphatic rings. The molecule has 184 valence electrons. The van der Waals surface area contributed by atoms with Gasteiger partial charge < -0.3 is 10.2 Å². The van der Waals surface area contributed by atoms with Gasteiger partial charge in [0.2, 0.25) is 11.8 Å². The number of amides is 2. The van der Waals surface area contributed by atoms with Crippen molar-refractivity contribution in [1.82, 2.24) is 10.2 Å². The lowest BCUT2D eigenvalue weighted by molar-refractivity contribution is -0.139. The Hall–Kier alpha value is -3.72. The van der Waals surface area contributed by atoms with Crippen LogP contribution in [0.3, 0.4) is 0 Å². The zero-order valence-corrected chi connectivity index (χ0v) is 20.6. The number of nitrogens with zero attached hydrogens (tertiary/aromatic N) is 2. The Kier molecular flexibility index (Phi) is 8.24. The van der Waals surface area contributed by atoms with Gasteiger partial charge in [0.1, 0.15) is 18.4 Å². The number of nitrogens with one attached hydrogen (secondary N) is 1. The predicted octanol–water partition coefficient (Wildman–Crippen LogP) is 3.49. The number of sulfonamides is 1. The third kappa shape index (κ3) is 6.24. The number of benzene rings is 3. The lowest BCUT2D eigenvalue weighted by atomic mass is 10.1. The maximum Gasteiger partial charge on any atom is 0.264 e. The van der Waals surface area contributed by atoms with E-state index in [1.54, 1.807) is 37.3 Å². The molecule has 35 heavy (non-hydrogen) atoms. The lowest BCUT2D eigenvalue weighted by Gasteiger charge is -2.31. The third-order valence-corrected chi connectivity index (χ3v) is 7.40. The van der Waals surface area contributed by atoms with Gasteiger partial charge in [0, 0.05) is 13.6 Å². The molecule has 0 fully saturated rings. The average Bonchev–Trinajstić information content (AvgIpc) is 2.86. The van der Waals surface area contributed by atoms with Gasteiger partial charge in [-0.05, 0) is 55.8 Å². The van der Waals surface area contributed by atoms with Crippen LogP contribution in [0, 0.1) is 12.7 Å². The first-order chi connectivity index (χ1) is 16.6. The molecule has 3 rings (SSSR count). The number of aryl methyl sites for hydroxylation is 1. The van der Waals surface area contributed by atoms with Crippen molar-refractivity contribution in [3.8, 4) is 0 Å². The minimum atomic E-state index is -4.21. The maximum atomic E-state index is 13.6. The Morgan fingerprint density at radius 2 is 1.54 bits per heavy atom. The number of hydrogen-bond donors (Lipinski definition) is 1. The van der Waals surface area contributed by atoms with E-state index in [0.29, 0.717) is 0 Å². The molecule has 0 aliphatic heterocycles. The van der Waals surface area contributed by atoms with E-state index >= 15 is 0 Å². The number of carbonyl (C=O) groups is 2. The molecule has 1 atom stereocenters. The second-order valence-corrected chi connectivity index (χ2v) is 9.96. The van der Waals surface area contributed by atoms with Crippen LogP contribution in [0.15, 0.2) is 83.8 Å². The Balaban J connectivity index is 1.99. The molecule has 0 aliphatic carbocycles. The Morgan fingerprint density at radius 3 is 2.11 bits per heavy atom.